The van der Waals surface area contributed by atoms with Gasteiger partial charge < -0.3 is 10.1 Å². The minimum absolute atomic E-state index is 0.219. The minimum Gasteiger partial charge on any atom is -0.493 e. The summed E-state index contributed by atoms with van der Waals surface area (Å²) < 4.78 is 5.49. The first-order chi connectivity index (χ1) is 11.3. The van der Waals surface area contributed by atoms with Crippen molar-refractivity contribution in [2.75, 3.05) is 11.9 Å². The summed E-state index contributed by atoms with van der Waals surface area (Å²) in [7, 11) is 0. The highest BCUT2D eigenvalue weighted by atomic mass is 16.5. The maximum Gasteiger partial charge on any atom is 0.259 e. The number of carbonyl (C=O) groups excluding carboxylic acids is 1. The van der Waals surface area contributed by atoms with E-state index in [9.17, 15) is 4.79 Å². The lowest BCUT2D eigenvalue weighted by atomic mass is 10.1. The van der Waals surface area contributed by atoms with E-state index in [4.69, 9.17) is 4.74 Å². The maximum absolute atomic E-state index is 12.5. The first-order valence-electron chi connectivity index (χ1n) is 7.27. The number of rotatable bonds is 5. The van der Waals surface area contributed by atoms with Gasteiger partial charge in [-0.1, -0.05) is 24.3 Å². The number of hydrogen-bond donors (Lipinski definition) is 2. The molecule has 1 amide bonds. The summed E-state index contributed by atoms with van der Waals surface area (Å²) in [6, 6.07) is 14.6. The van der Waals surface area contributed by atoms with Crippen molar-refractivity contribution in [1.82, 2.24) is 15.2 Å². The second-order valence-electron chi connectivity index (χ2n) is 4.80. The quantitative estimate of drug-likeness (QED) is 0.759. The molecule has 3 aromatic rings. The molecule has 0 aliphatic carbocycles. The van der Waals surface area contributed by atoms with Crippen molar-refractivity contribution >= 4 is 11.6 Å². The average Bonchev–Trinajstić information content (AvgIpc) is 3.10. The van der Waals surface area contributed by atoms with E-state index in [1.165, 1.54) is 6.33 Å². The third-order valence-electron chi connectivity index (χ3n) is 3.24. The Morgan fingerprint density at radius 1 is 1.22 bits per heavy atom. The number of amides is 1. The number of anilines is 1. The summed E-state index contributed by atoms with van der Waals surface area (Å²) in [5.74, 6) is 0.999. The van der Waals surface area contributed by atoms with Crippen molar-refractivity contribution in [1.29, 1.82) is 0 Å². The molecule has 0 saturated heterocycles. The van der Waals surface area contributed by atoms with Gasteiger partial charge in [-0.3, -0.25) is 9.89 Å². The van der Waals surface area contributed by atoms with Crippen LogP contribution in [-0.4, -0.2) is 27.7 Å². The Balaban J connectivity index is 1.82. The van der Waals surface area contributed by atoms with Crippen LogP contribution in [0.1, 0.15) is 17.3 Å². The molecule has 0 spiro atoms. The monoisotopic (exact) mass is 308 g/mol. The largest absolute Gasteiger partial charge is 0.493 e. The summed E-state index contributed by atoms with van der Waals surface area (Å²) in [4.78, 5) is 16.6. The van der Waals surface area contributed by atoms with Gasteiger partial charge in [-0.2, -0.15) is 5.10 Å². The number of aromatic amines is 1. The Bertz CT molecular complexity index is 800. The summed E-state index contributed by atoms with van der Waals surface area (Å²) in [5, 5.41) is 9.50. The van der Waals surface area contributed by atoms with E-state index in [0.717, 1.165) is 5.56 Å². The van der Waals surface area contributed by atoms with Gasteiger partial charge in [0, 0.05) is 11.3 Å². The van der Waals surface area contributed by atoms with Gasteiger partial charge in [-0.05, 0) is 31.2 Å². The lowest BCUT2D eigenvalue weighted by Gasteiger charge is -2.11. The summed E-state index contributed by atoms with van der Waals surface area (Å²) in [6.45, 7) is 2.39. The molecule has 116 valence electrons. The van der Waals surface area contributed by atoms with Gasteiger partial charge in [0.25, 0.3) is 5.91 Å². The predicted molar refractivity (Wildman–Crippen MR) is 87.4 cm³/mol. The molecule has 0 fully saturated rings. The summed E-state index contributed by atoms with van der Waals surface area (Å²) >= 11 is 0. The van der Waals surface area contributed by atoms with Gasteiger partial charge >= 0.3 is 0 Å². The molecule has 0 radical (unpaired) electrons. The van der Waals surface area contributed by atoms with Crippen LogP contribution in [0.25, 0.3) is 11.4 Å². The van der Waals surface area contributed by atoms with E-state index >= 15 is 0 Å². The van der Waals surface area contributed by atoms with Crippen LogP contribution in [0.5, 0.6) is 5.75 Å². The van der Waals surface area contributed by atoms with Crippen LogP contribution in [0.3, 0.4) is 0 Å². The highest BCUT2D eigenvalue weighted by Gasteiger charge is 2.12. The van der Waals surface area contributed by atoms with E-state index < -0.39 is 0 Å². The highest BCUT2D eigenvalue weighted by molar-refractivity contribution is 6.06. The van der Waals surface area contributed by atoms with Crippen molar-refractivity contribution in [3.05, 3.63) is 60.4 Å². The Labute approximate surface area is 133 Å². The van der Waals surface area contributed by atoms with Crippen molar-refractivity contribution < 1.29 is 9.53 Å². The van der Waals surface area contributed by atoms with E-state index in [1.807, 2.05) is 43.3 Å². The van der Waals surface area contributed by atoms with E-state index in [-0.39, 0.29) is 5.91 Å². The van der Waals surface area contributed by atoms with Crippen molar-refractivity contribution in [2.45, 2.75) is 6.92 Å². The number of H-pyrrole nitrogens is 1. The average molecular weight is 308 g/mol. The molecular formula is C17H16N4O2. The van der Waals surface area contributed by atoms with Gasteiger partial charge in [0.1, 0.15) is 12.1 Å². The number of carbonyl (C=O) groups is 1. The standard InChI is InChI=1S/C17H16N4O2/c1-2-23-15-9-4-3-8-14(15)17(22)20-13-7-5-6-12(10-13)16-18-11-19-21-16/h3-11H,2H2,1H3,(H,20,22)(H,18,19,21). The molecular weight excluding hydrogens is 292 g/mol. The molecule has 0 aliphatic heterocycles. The second-order valence-corrected chi connectivity index (χ2v) is 4.80. The van der Waals surface area contributed by atoms with Gasteiger partial charge in [-0.15, -0.1) is 0 Å². The van der Waals surface area contributed by atoms with E-state index in [0.29, 0.717) is 29.4 Å². The molecule has 1 aromatic heterocycles. The minimum atomic E-state index is -0.219. The Morgan fingerprint density at radius 3 is 2.87 bits per heavy atom. The lowest BCUT2D eigenvalue weighted by molar-refractivity contribution is 0.102. The zero-order chi connectivity index (χ0) is 16.1. The van der Waals surface area contributed by atoms with Crippen LogP contribution in [0.4, 0.5) is 5.69 Å². The summed E-state index contributed by atoms with van der Waals surface area (Å²) in [5.41, 5.74) is 2.02. The fourth-order valence-electron chi connectivity index (χ4n) is 2.22. The zero-order valence-corrected chi connectivity index (χ0v) is 12.6. The molecule has 0 atom stereocenters. The Hall–Kier alpha value is -3.15. The maximum atomic E-state index is 12.5. The SMILES string of the molecule is CCOc1ccccc1C(=O)Nc1cccc(-c2ncn[nH]2)c1. The number of hydrogen-bond acceptors (Lipinski definition) is 4. The highest BCUT2D eigenvalue weighted by Crippen LogP contribution is 2.22. The molecule has 6 heteroatoms. The van der Waals surface area contributed by atoms with Gasteiger partial charge in [0.15, 0.2) is 5.82 Å². The zero-order valence-electron chi connectivity index (χ0n) is 12.6. The molecule has 6 nitrogen and oxygen atoms in total. The van der Waals surface area contributed by atoms with Crippen molar-refractivity contribution in [3.63, 3.8) is 0 Å². The second kappa shape index (κ2) is 6.74. The summed E-state index contributed by atoms with van der Waals surface area (Å²) in [6.07, 6.45) is 1.44. The first kappa shape index (κ1) is 14.8. The number of para-hydroxylation sites is 1. The normalized spacial score (nSPS) is 10.3. The Morgan fingerprint density at radius 2 is 2.09 bits per heavy atom. The van der Waals surface area contributed by atoms with Crippen LogP contribution in [-0.2, 0) is 0 Å². The van der Waals surface area contributed by atoms with Crippen molar-refractivity contribution in [3.8, 4) is 17.1 Å². The molecule has 3 rings (SSSR count). The molecule has 1 heterocycles. The third-order valence-corrected chi connectivity index (χ3v) is 3.24. The van der Waals surface area contributed by atoms with Crippen LogP contribution < -0.4 is 10.1 Å². The van der Waals surface area contributed by atoms with Crippen LogP contribution in [0.15, 0.2) is 54.9 Å². The van der Waals surface area contributed by atoms with Gasteiger partial charge in [-0.25, -0.2) is 4.98 Å². The molecule has 0 unspecified atom stereocenters. The molecule has 23 heavy (non-hydrogen) atoms. The number of ether oxygens (including phenoxy) is 1. The van der Waals surface area contributed by atoms with E-state index in [2.05, 4.69) is 20.5 Å². The topological polar surface area (TPSA) is 79.9 Å². The number of nitrogens with zero attached hydrogens (tertiary/aromatic N) is 2. The first-order valence-corrected chi connectivity index (χ1v) is 7.27. The van der Waals surface area contributed by atoms with Crippen LogP contribution >= 0.6 is 0 Å². The van der Waals surface area contributed by atoms with Crippen molar-refractivity contribution in [2.24, 2.45) is 0 Å². The van der Waals surface area contributed by atoms with Crippen LogP contribution in [0, 0.1) is 0 Å². The van der Waals surface area contributed by atoms with Gasteiger partial charge in [0.05, 0.1) is 12.2 Å². The number of nitrogens with one attached hydrogen (secondary N) is 2. The number of aromatic nitrogens is 3. The van der Waals surface area contributed by atoms with E-state index in [1.54, 1.807) is 12.1 Å². The predicted octanol–water partition coefficient (Wildman–Crippen LogP) is 3.12. The Kier molecular flexibility index (Phi) is 4.33. The fraction of sp³-hybridized carbons (Fsp3) is 0.118. The fourth-order valence-corrected chi connectivity index (χ4v) is 2.22. The van der Waals surface area contributed by atoms with Gasteiger partial charge in [0.2, 0.25) is 0 Å². The molecule has 2 N–H and O–H groups in total. The molecule has 2 aromatic carbocycles. The number of benzene rings is 2. The third kappa shape index (κ3) is 3.37. The molecule has 0 aliphatic rings. The lowest BCUT2D eigenvalue weighted by Crippen LogP contribution is -2.13. The molecule has 0 bridgehead atoms. The smallest absolute Gasteiger partial charge is 0.259 e. The molecule has 0 saturated carbocycles. The van der Waals surface area contributed by atoms with Crippen LogP contribution in [0.2, 0.25) is 0 Å².